The first-order chi connectivity index (χ1) is 16.7. The van der Waals surface area contributed by atoms with Crippen molar-refractivity contribution in [1.29, 1.82) is 0 Å². The molecule has 0 amide bonds. The number of hydrogen-bond donors (Lipinski definition) is 2. The SMILES string of the molecule is COCCS(=O)(=O)C(c1nnc(CN[SH](=O)=O)o1)c1nc2ccc(-c3ccc(Cl)c(F)c3)cc2s1. The summed E-state index contributed by atoms with van der Waals surface area (Å²) in [7, 11) is -5.43. The van der Waals surface area contributed by atoms with Crippen molar-refractivity contribution in [2.75, 3.05) is 19.5 Å². The molecule has 1 N–H and O–H groups in total. The van der Waals surface area contributed by atoms with E-state index >= 15 is 0 Å². The number of methoxy groups -OCH3 is 1. The second-order valence-electron chi connectivity index (χ2n) is 7.23. The van der Waals surface area contributed by atoms with Gasteiger partial charge in [0.25, 0.3) is 0 Å². The summed E-state index contributed by atoms with van der Waals surface area (Å²) in [6, 6.07) is 9.65. The van der Waals surface area contributed by atoms with E-state index < -0.39 is 31.8 Å². The highest BCUT2D eigenvalue weighted by Crippen LogP contribution is 2.37. The fourth-order valence-electron chi connectivity index (χ4n) is 3.22. The van der Waals surface area contributed by atoms with E-state index in [2.05, 4.69) is 19.9 Å². The molecule has 0 saturated heterocycles. The Bertz CT molecular complexity index is 1550. The van der Waals surface area contributed by atoms with Crippen LogP contribution >= 0.6 is 22.9 Å². The molecule has 0 radical (unpaired) electrons. The zero-order valence-corrected chi connectivity index (χ0v) is 21.3. The number of hydrogen-bond acceptors (Lipinski definition) is 10. The summed E-state index contributed by atoms with van der Waals surface area (Å²) in [6.07, 6.45) is 0. The highest BCUT2D eigenvalue weighted by atomic mass is 35.5. The van der Waals surface area contributed by atoms with Crippen LogP contribution in [0.1, 0.15) is 22.0 Å². The van der Waals surface area contributed by atoms with Crippen LogP contribution < -0.4 is 4.72 Å². The Morgan fingerprint density at radius 2 is 1.94 bits per heavy atom. The van der Waals surface area contributed by atoms with Gasteiger partial charge in [-0.3, -0.25) is 0 Å². The highest BCUT2D eigenvalue weighted by Gasteiger charge is 2.36. The standard InChI is InChI=1S/C20H18ClFN4O6S3/c1-31-6-7-35(29,30)18(19-26-25-17(32-19)10-23-34(27)28)20-24-15-5-3-12(9-16(15)33-20)11-2-4-13(21)14(22)8-11/h2-5,8-9,18,34H,6-7,10H2,1H3,(H,23,27,28). The summed E-state index contributed by atoms with van der Waals surface area (Å²) in [5, 5.41) is 6.39. The van der Waals surface area contributed by atoms with Gasteiger partial charge < -0.3 is 9.15 Å². The second kappa shape index (κ2) is 10.6. The van der Waals surface area contributed by atoms with Crippen LogP contribution in [0, 0.1) is 5.82 Å². The summed E-state index contributed by atoms with van der Waals surface area (Å²) in [5.74, 6) is -1.22. The molecular weight excluding hydrogens is 543 g/mol. The van der Waals surface area contributed by atoms with Crippen molar-refractivity contribution >= 4 is 53.9 Å². The molecule has 0 fully saturated rings. The minimum absolute atomic E-state index is 0.00950. The molecule has 2 aromatic heterocycles. The number of halogens is 2. The topological polar surface area (TPSA) is 141 Å². The van der Waals surface area contributed by atoms with Crippen molar-refractivity contribution in [3.8, 4) is 11.1 Å². The predicted molar refractivity (Wildman–Crippen MR) is 129 cm³/mol. The van der Waals surface area contributed by atoms with Crippen LogP contribution in [0.15, 0.2) is 40.8 Å². The fraction of sp³-hybridized carbons (Fsp3) is 0.250. The normalized spacial score (nSPS) is 13.0. The van der Waals surface area contributed by atoms with Gasteiger partial charge in [0.15, 0.2) is 15.1 Å². The first-order valence-electron chi connectivity index (χ1n) is 9.94. The van der Waals surface area contributed by atoms with E-state index in [4.69, 9.17) is 20.8 Å². The second-order valence-corrected chi connectivity index (χ2v) is 11.7. The molecule has 4 aromatic rings. The maximum Gasteiger partial charge on any atom is 0.241 e. The number of benzene rings is 2. The molecular formula is C20H18ClFN4O6S3. The molecule has 35 heavy (non-hydrogen) atoms. The molecule has 0 aliphatic carbocycles. The number of nitrogens with one attached hydrogen (secondary N) is 1. The van der Waals surface area contributed by atoms with Crippen LogP contribution in [0.2, 0.25) is 5.02 Å². The molecule has 10 nitrogen and oxygen atoms in total. The van der Waals surface area contributed by atoms with Crippen molar-refractivity contribution in [2.45, 2.75) is 11.8 Å². The number of thiazole rings is 1. The Morgan fingerprint density at radius 3 is 2.66 bits per heavy atom. The largest absolute Gasteiger partial charge is 0.422 e. The summed E-state index contributed by atoms with van der Waals surface area (Å²) in [6.45, 7) is -0.341. The van der Waals surface area contributed by atoms with Gasteiger partial charge in [0.1, 0.15) is 10.8 Å². The van der Waals surface area contributed by atoms with Gasteiger partial charge in [-0.25, -0.2) is 30.9 Å². The average molecular weight is 561 g/mol. The Balaban J connectivity index is 1.75. The van der Waals surface area contributed by atoms with Gasteiger partial charge in [-0.15, -0.1) is 21.5 Å². The molecule has 2 aromatic carbocycles. The molecule has 2 heterocycles. The Kier molecular flexibility index (Phi) is 7.78. The van der Waals surface area contributed by atoms with Crippen LogP contribution in [-0.2, 0) is 32.0 Å². The maximum atomic E-state index is 13.9. The number of sulfone groups is 1. The minimum Gasteiger partial charge on any atom is -0.422 e. The van der Waals surface area contributed by atoms with E-state index in [-0.39, 0.29) is 40.7 Å². The minimum atomic E-state index is -3.91. The zero-order chi connectivity index (χ0) is 25.2. The molecule has 1 atom stereocenters. The van der Waals surface area contributed by atoms with Crippen LogP contribution in [0.5, 0.6) is 0 Å². The third kappa shape index (κ3) is 5.85. The van der Waals surface area contributed by atoms with Gasteiger partial charge in [-0.05, 0) is 35.4 Å². The summed E-state index contributed by atoms with van der Waals surface area (Å²) in [5.41, 5.74) is 1.82. The van der Waals surface area contributed by atoms with Crippen LogP contribution in [-0.4, -0.2) is 51.5 Å². The van der Waals surface area contributed by atoms with E-state index in [1.807, 2.05) is 0 Å². The average Bonchev–Trinajstić information content (AvgIpc) is 3.44. The zero-order valence-electron chi connectivity index (χ0n) is 18.0. The van der Waals surface area contributed by atoms with Gasteiger partial charge in [0.05, 0.1) is 34.1 Å². The van der Waals surface area contributed by atoms with Gasteiger partial charge in [-0.2, -0.15) is 0 Å². The van der Waals surface area contributed by atoms with E-state index in [9.17, 15) is 21.2 Å². The Morgan fingerprint density at radius 1 is 1.20 bits per heavy atom. The van der Waals surface area contributed by atoms with E-state index in [1.165, 1.54) is 19.2 Å². The van der Waals surface area contributed by atoms with E-state index in [1.54, 1.807) is 24.3 Å². The van der Waals surface area contributed by atoms with Gasteiger partial charge in [0.2, 0.25) is 22.7 Å². The quantitative estimate of drug-likeness (QED) is 0.280. The maximum absolute atomic E-state index is 13.9. The molecule has 0 aliphatic heterocycles. The van der Waals surface area contributed by atoms with E-state index in [0.717, 1.165) is 11.3 Å². The van der Waals surface area contributed by atoms with Gasteiger partial charge in [-0.1, -0.05) is 23.7 Å². The number of ether oxygens (including phenoxy) is 1. The van der Waals surface area contributed by atoms with Crippen LogP contribution in [0.25, 0.3) is 21.3 Å². The summed E-state index contributed by atoms with van der Waals surface area (Å²) in [4.78, 5) is 4.48. The molecule has 186 valence electrons. The van der Waals surface area contributed by atoms with Crippen molar-refractivity contribution in [3.63, 3.8) is 0 Å². The first-order valence-corrected chi connectivity index (χ1v) is 14.0. The smallest absolute Gasteiger partial charge is 0.241 e. The van der Waals surface area contributed by atoms with Crippen molar-refractivity contribution in [1.82, 2.24) is 19.9 Å². The lowest BCUT2D eigenvalue weighted by Gasteiger charge is -2.11. The molecule has 0 spiro atoms. The number of fused-ring (bicyclic) bond motifs is 1. The molecule has 0 saturated carbocycles. The van der Waals surface area contributed by atoms with Crippen molar-refractivity contribution < 1.29 is 30.4 Å². The number of rotatable bonds is 10. The fourth-order valence-corrected chi connectivity index (χ4v) is 6.56. The number of thiol groups is 1. The Hall–Kier alpha value is -2.49. The lowest BCUT2D eigenvalue weighted by Crippen LogP contribution is -2.21. The Labute approximate surface area is 210 Å². The third-order valence-corrected chi connectivity index (χ3v) is 8.71. The van der Waals surface area contributed by atoms with Gasteiger partial charge in [0, 0.05) is 7.11 Å². The monoisotopic (exact) mass is 560 g/mol. The molecule has 0 bridgehead atoms. The summed E-state index contributed by atoms with van der Waals surface area (Å²) < 4.78 is 75.0. The van der Waals surface area contributed by atoms with E-state index in [0.29, 0.717) is 21.3 Å². The lowest BCUT2D eigenvalue weighted by molar-refractivity contribution is 0.217. The first kappa shape index (κ1) is 25.6. The number of aromatic nitrogens is 3. The summed E-state index contributed by atoms with van der Waals surface area (Å²) >= 11 is 6.89. The number of nitrogens with zero attached hydrogens (tertiary/aromatic N) is 3. The van der Waals surface area contributed by atoms with Crippen molar-refractivity contribution in [2.24, 2.45) is 0 Å². The molecule has 15 heteroatoms. The lowest BCUT2D eigenvalue weighted by atomic mass is 10.1. The predicted octanol–water partition coefficient (Wildman–Crippen LogP) is 2.91. The molecule has 0 aliphatic rings. The van der Waals surface area contributed by atoms with Gasteiger partial charge >= 0.3 is 0 Å². The third-order valence-electron chi connectivity index (χ3n) is 4.88. The van der Waals surface area contributed by atoms with Crippen LogP contribution in [0.4, 0.5) is 4.39 Å². The van der Waals surface area contributed by atoms with Crippen molar-refractivity contribution in [3.05, 3.63) is 64.0 Å². The molecule has 4 rings (SSSR count). The molecule has 1 unspecified atom stereocenters. The highest BCUT2D eigenvalue weighted by molar-refractivity contribution is 7.92. The van der Waals surface area contributed by atoms with Crippen LogP contribution in [0.3, 0.4) is 0 Å².